The molecule has 1 aliphatic carbocycles. The van der Waals surface area contributed by atoms with Crippen LogP contribution < -0.4 is 5.73 Å². The number of carbonyl (C=O) groups is 1. The molecule has 20 heavy (non-hydrogen) atoms. The lowest BCUT2D eigenvalue weighted by atomic mass is 10.0. The minimum absolute atomic E-state index is 0.0471. The maximum absolute atomic E-state index is 13.8. The molecule has 0 saturated heterocycles. The number of benzene rings is 2. The van der Waals surface area contributed by atoms with Crippen molar-refractivity contribution in [2.45, 2.75) is 18.9 Å². The molecule has 1 aliphatic rings. The van der Waals surface area contributed by atoms with Crippen molar-refractivity contribution < 1.29 is 9.18 Å². The van der Waals surface area contributed by atoms with Gasteiger partial charge in [0.2, 0.25) is 0 Å². The summed E-state index contributed by atoms with van der Waals surface area (Å²) in [6, 6.07) is 10.3. The summed E-state index contributed by atoms with van der Waals surface area (Å²) in [7, 11) is 0. The van der Waals surface area contributed by atoms with Gasteiger partial charge in [-0.15, -0.1) is 0 Å². The second-order valence-electron chi connectivity index (χ2n) is 5.16. The van der Waals surface area contributed by atoms with Gasteiger partial charge in [-0.25, -0.2) is 4.39 Å². The average Bonchev–Trinajstić information content (AvgIpc) is 3.29. The summed E-state index contributed by atoms with van der Waals surface area (Å²) < 4.78 is 13.8. The molecule has 104 valence electrons. The number of carbonyl (C=O) groups excluding carboxylic acids is 1. The Balaban J connectivity index is 2.05. The highest BCUT2D eigenvalue weighted by molar-refractivity contribution is 6.07. The van der Waals surface area contributed by atoms with Crippen LogP contribution in [0.4, 0.5) is 4.39 Å². The van der Waals surface area contributed by atoms with E-state index in [-0.39, 0.29) is 11.7 Å². The number of fused-ring (bicyclic) bond motifs is 1. The number of hydrogen-bond donors (Lipinski definition) is 1. The quantitative estimate of drug-likeness (QED) is 0.929. The van der Waals surface area contributed by atoms with E-state index >= 15 is 0 Å². The number of nitrogens with two attached hydrogens (primary N) is 1. The molecule has 2 aromatic carbocycles. The second-order valence-corrected chi connectivity index (χ2v) is 5.16. The van der Waals surface area contributed by atoms with E-state index in [2.05, 4.69) is 0 Å². The van der Waals surface area contributed by atoms with Crippen LogP contribution in [0.25, 0.3) is 10.8 Å². The third-order valence-corrected chi connectivity index (χ3v) is 3.72. The van der Waals surface area contributed by atoms with Gasteiger partial charge in [-0.05, 0) is 30.4 Å². The Kier molecular flexibility index (Phi) is 3.40. The smallest absolute Gasteiger partial charge is 0.254 e. The molecule has 0 aliphatic heterocycles. The van der Waals surface area contributed by atoms with E-state index in [1.54, 1.807) is 24.3 Å². The molecule has 1 amide bonds. The average molecular weight is 272 g/mol. The van der Waals surface area contributed by atoms with Crippen molar-refractivity contribution in [3.63, 3.8) is 0 Å². The molecular weight excluding hydrogens is 255 g/mol. The van der Waals surface area contributed by atoms with E-state index < -0.39 is 0 Å². The number of halogens is 1. The fourth-order valence-corrected chi connectivity index (χ4v) is 2.58. The Morgan fingerprint density at radius 3 is 2.55 bits per heavy atom. The monoisotopic (exact) mass is 272 g/mol. The van der Waals surface area contributed by atoms with Crippen molar-refractivity contribution >= 4 is 16.7 Å². The Bertz CT molecular complexity index is 652. The normalized spacial score (nSPS) is 14.5. The molecule has 1 fully saturated rings. The molecule has 3 nitrogen and oxygen atoms in total. The Morgan fingerprint density at radius 1 is 1.20 bits per heavy atom. The molecule has 2 aromatic rings. The van der Waals surface area contributed by atoms with Gasteiger partial charge < -0.3 is 10.6 Å². The molecule has 0 bridgehead atoms. The van der Waals surface area contributed by atoms with Crippen LogP contribution in [-0.4, -0.2) is 29.9 Å². The van der Waals surface area contributed by atoms with E-state index in [4.69, 9.17) is 5.73 Å². The fourth-order valence-electron chi connectivity index (χ4n) is 2.58. The molecular formula is C16H17FN2O. The Labute approximate surface area is 117 Å². The van der Waals surface area contributed by atoms with Gasteiger partial charge in [0.25, 0.3) is 5.91 Å². The summed E-state index contributed by atoms with van der Waals surface area (Å²) in [5.41, 5.74) is 6.15. The minimum Gasteiger partial charge on any atom is -0.334 e. The molecule has 0 aromatic heterocycles. The molecule has 0 atom stereocenters. The van der Waals surface area contributed by atoms with Crippen LogP contribution >= 0.6 is 0 Å². The van der Waals surface area contributed by atoms with Gasteiger partial charge in [0.15, 0.2) is 0 Å². The van der Waals surface area contributed by atoms with Gasteiger partial charge in [-0.2, -0.15) is 0 Å². The molecule has 2 N–H and O–H groups in total. The van der Waals surface area contributed by atoms with Crippen LogP contribution in [0.2, 0.25) is 0 Å². The zero-order valence-corrected chi connectivity index (χ0v) is 11.2. The maximum Gasteiger partial charge on any atom is 0.254 e. The van der Waals surface area contributed by atoms with Gasteiger partial charge in [-0.3, -0.25) is 4.79 Å². The van der Waals surface area contributed by atoms with Crippen molar-refractivity contribution in [3.05, 3.63) is 47.8 Å². The third kappa shape index (κ3) is 2.27. The van der Waals surface area contributed by atoms with Crippen LogP contribution in [-0.2, 0) is 0 Å². The highest BCUT2D eigenvalue weighted by Gasteiger charge is 2.33. The summed E-state index contributed by atoms with van der Waals surface area (Å²) in [5.74, 6) is -0.344. The lowest BCUT2D eigenvalue weighted by Crippen LogP contribution is -2.37. The summed E-state index contributed by atoms with van der Waals surface area (Å²) in [6.07, 6.45) is 2.07. The number of amides is 1. The first kappa shape index (κ1) is 13.1. The highest BCUT2D eigenvalue weighted by Crippen LogP contribution is 2.30. The highest BCUT2D eigenvalue weighted by atomic mass is 19.1. The van der Waals surface area contributed by atoms with Crippen molar-refractivity contribution in [2.75, 3.05) is 13.1 Å². The lowest BCUT2D eigenvalue weighted by molar-refractivity contribution is 0.0750. The third-order valence-electron chi connectivity index (χ3n) is 3.72. The van der Waals surface area contributed by atoms with E-state index in [1.165, 1.54) is 6.07 Å². The van der Waals surface area contributed by atoms with Crippen molar-refractivity contribution in [2.24, 2.45) is 5.73 Å². The first-order valence-electron chi connectivity index (χ1n) is 6.90. The Morgan fingerprint density at radius 2 is 1.90 bits per heavy atom. The molecule has 0 spiro atoms. The second kappa shape index (κ2) is 5.21. The molecule has 3 rings (SSSR count). The number of nitrogens with zero attached hydrogens (tertiary/aromatic N) is 1. The van der Waals surface area contributed by atoms with E-state index in [9.17, 15) is 9.18 Å². The SMILES string of the molecule is NCCN(C(=O)c1ccc(F)c2ccccc12)C1CC1. The van der Waals surface area contributed by atoms with E-state index in [0.717, 1.165) is 12.8 Å². The zero-order valence-electron chi connectivity index (χ0n) is 11.2. The van der Waals surface area contributed by atoms with Crippen LogP contribution in [0, 0.1) is 5.82 Å². The summed E-state index contributed by atoms with van der Waals surface area (Å²) in [5, 5.41) is 1.15. The first-order chi connectivity index (χ1) is 9.72. The fraction of sp³-hybridized carbons (Fsp3) is 0.312. The molecule has 4 heteroatoms. The first-order valence-corrected chi connectivity index (χ1v) is 6.90. The summed E-state index contributed by atoms with van der Waals surface area (Å²) >= 11 is 0. The van der Waals surface area contributed by atoms with Gasteiger partial charge >= 0.3 is 0 Å². The molecule has 0 unspecified atom stereocenters. The number of rotatable bonds is 4. The van der Waals surface area contributed by atoms with Crippen LogP contribution in [0.1, 0.15) is 23.2 Å². The Hall–Kier alpha value is -1.94. The zero-order chi connectivity index (χ0) is 14.1. The van der Waals surface area contributed by atoms with E-state index in [0.29, 0.717) is 35.5 Å². The topological polar surface area (TPSA) is 46.3 Å². The lowest BCUT2D eigenvalue weighted by Gasteiger charge is -2.22. The summed E-state index contributed by atoms with van der Waals surface area (Å²) in [6.45, 7) is 0.997. The van der Waals surface area contributed by atoms with Crippen molar-refractivity contribution in [3.8, 4) is 0 Å². The van der Waals surface area contributed by atoms with Crippen LogP contribution in [0.3, 0.4) is 0 Å². The van der Waals surface area contributed by atoms with Gasteiger partial charge in [0.1, 0.15) is 5.82 Å². The van der Waals surface area contributed by atoms with Crippen LogP contribution in [0.5, 0.6) is 0 Å². The van der Waals surface area contributed by atoms with Crippen molar-refractivity contribution in [1.82, 2.24) is 4.90 Å². The van der Waals surface area contributed by atoms with E-state index in [1.807, 2.05) is 11.0 Å². The van der Waals surface area contributed by atoms with Crippen LogP contribution in [0.15, 0.2) is 36.4 Å². The van der Waals surface area contributed by atoms with Crippen molar-refractivity contribution in [1.29, 1.82) is 0 Å². The predicted octanol–water partition coefficient (Wildman–Crippen LogP) is 2.54. The summed E-state index contributed by atoms with van der Waals surface area (Å²) in [4.78, 5) is 14.5. The number of hydrogen-bond acceptors (Lipinski definition) is 2. The largest absolute Gasteiger partial charge is 0.334 e. The van der Waals surface area contributed by atoms with Gasteiger partial charge in [0, 0.05) is 30.1 Å². The maximum atomic E-state index is 13.8. The molecule has 1 saturated carbocycles. The predicted molar refractivity (Wildman–Crippen MR) is 77.0 cm³/mol. The molecule has 0 radical (unpaired) electrons. The van der Waals surface area contributed by atoms with Gasteiger partial charge in [0.05, 0.1) is 0 Å². The standard InChI is InChI=1S/C16H17FN2O/c17-15-8-7-14(12-3-1-2-4-13(12)15)16(20)19(10-9-18)11-5-6-11/h1-4,7-8,11H,5-6,9-10,18H2. The minimum atomic E-state index is -0.297. The molecule has 0 heterocycles. The van der Waals surface area contributed by atoms with Gasteiger partial charge in [-0.1, -0.05) is 24.3 Å².